The number of hydrogen-bond donors (Lipinski definition) is 0. The second kappa shape index (κ2) is 3.53. The number of ether oxygens (including phenoxy) is 2. The maximum absolute atomic E-state index is 10.6. The zero-order valence-electron chi connectivity index (χ0n) is 6.58. The quantitative estimate of drug-likeness (QED) is 0.577. The van der Waals surface area contributed by atoms with Gasteiger partial charge < -0.3 is 9.47 Å². The first-order valence-electron chi connectivity index (χ1n) is 3.76. The van der Waals surface area contributed by atoms with Crippen molar-refractivity contribution in [2.75, 3.05) is 6.61 Å². The summed E-state index contributed by atoms with van der Waals surface area (Å²) in [5.74, 6) is -0.997. The topological polar surface area (TPSA) is 35.5 Å². The van der Waals surface area contributed by atoms with Crippen molar-refractivity contribution in [1.29, 1.82) is 0 Å². The molecule has 1 aliphatic heterocycles. The number of aldehydes is 1. The molecular formula is C8H12O3. The van der Waals surface area contributed by atoms with Gasteiger partial charge in [0.1, 0.15) is 0 Å². The fraction of sp³-hybridized carbons (Fsp3) is 0.625. The van der Waals surface area contributed by atoms with Crippen molar-refractivity contribution >= 4 is 6.29 Å². The highest BCUT2D eigenvalue weighted by Crippen LogP contribution is 2.22. The number of hydrogen-bond acceptors (Lipinski definition) is 3. The second-order valence-electron chi connectivity index (χ2n) is 2.39. The van der Waals surface area contributed by atoms with E-state index in [1.165, 1.54) is 6.26 Å². The molecule has 0 N–H and O–H groups in total. The first-order valence-corrected chi connectivity index (χ1v) is 3.76. The van der Waals surface area contributed by atoms with Gasteiger partial charge in [0.05, 0.1) is 6.26 Å². The van der Waals surface area contributed by atoms with Crippen molar-refractivity contribution in [1.82, 2.24) is 0 Å². The van der Waals surface area contributed by atoms with Crippen LogP contribution in [0.15, 0.2) is 12.3 Å². The third-order valence-electron chi connectivity index (χ3n) is 1.59. The molecule has 0 spiro atoms. The molecule has 0 aromatic heterocycles. The molecule has 0 amide bonds. The fourth-order valence-electron chi connectivity index (χ4n) is 1.05. The van der Waals surface area contributed by atoms with Gasteiger partial charge in [-0.25, -0.2) is 0 Å². The smallest absolute Gasteiger partial charge is 0.266 e. The van der Waals surface area contributed by atoms with Crippen LogP contribution >= 0.6 is 0 Å². The van der Waals surface area contributed by atoms with Crippen LogP contribution in [0.1, 0.15) is 19.8 Å². The largest absolute Gasteiger partial charge is 0.463 e. The minimum absolute atomic E-state index is 0.493. The van der Waals surface area contributed by atoms with Gasteiger partial charge in [0.15, 0.2) is 6.29 Å². The number of rotatable bonds is 3. The summed E-state index contributed by atoms with van der Waals surface area (Å²) in [6.45, 7) is 2.33. The molecule has 0 radical (unpaired) electrons. The van der Waals surface area contributed by atoms with E-state index in [-0.39, 0.29) is 0 Å². The average molecular weight is 156 g/mol. The van der Waals surface area contributed by atoms with Crippen LogP contribution in [0.2, 0.25) is 0 Å². The zero-order valence-corrected chi connectivity index (χ0v) is 6.58. The Hall–Kier alpha value is -0.830. The molecule has 1 rings (SSSR count). The molecule has 0 saturated carbocycles. The summed E-state index contributed by atoms with van der Waals surface area (Å²) in [7, 11) is 0. The molecule has 0 fully saturated rings. The van der Waals surface area contributed by atoms with E-state index in [1.54, 1.807) is 0 Å². The van der Waals surface area contributed by atoms with Crippen LogP contribution in [0, 0.1) is 0 Å². The molecule has 1 unspecified atom stereocenters. The van der Waals surface area contributed by atoms with Gasteiger partial charge in [-0.05, 0) is 19.4 Å². The highest BCUT2D eigenvalue weighted by Gasteiger charge is 2.32. The lowest BCUT2D eigenvalue weighted by Gasteiger charge is -2.28. The maximum atomic E-state index is 10.6. The summed E-state index contributed by atoms with van der Waals surface area (Å²) in [4.78, 5) is 10.6. The van der Waals surface area contributed by atoms with E-state index in [4.69, 9.17) is 9.47 Å². The van der Waals surface area contributed by atoms with Gasteiger partial charge in [0, 0.05) is 13.0 Å². The minimum Gasteiger partial charge on any atom is -0.463 e. The lowest BCUT2D eigenvalue weighted by molar-refractivity contribution is -0.200. The predicted octanol–water partition coefficient (Wildman–Crippen LogP) is 1.24. The predicted molar refractivity (Wildman–Crippen MR) is 39.9 cm³/mol. The molecule has 0 saturated heterocycles. The minimum atomic E-state index is -0.997. The van der Waals surface area contributed by atoms with Gasteiger partial charge in [-0.15, -0.1) is 0 Å². The van der Waals surface area contributed by atoms with Crippen molar-refractivity contribution in [3.8, 4) is 0 Å². The first kappa shape index (κ1) is 8.27. The molecule has 3 heteroatoms. The molecule has 1 heterocycles. The highest BCUT2D eigenvalue weighted by molar-refractivity contribution is 5.60. The van der Waals surface area contributed by atoms with E-state index >= 15 is 0 Å². The van der Waals surface area contributed by atoms with E-state index in [9.17, 15) is 4.79 Å². The Morgan fingerprint density at radius 1 is 1.82 bits per heavy atom. The lowest BCUT2D eigenvalue weighted by Crippen LogP contribution is -2.37. The number of allylic oxidation sites excluding steroid dienone is 1. The van der Waals surface area contributed by atoms with E-state index < -0.39 is 5.79 Å². The van der Waals surface area contributed by atoms with Crippen LogP contribution in [0.5, 0.6) is 0 Å². The Morgan fingerprint density at radius 2 is 2.64 bits per heavy atom. The van der Waals surface area contributed by atoms with Gasteiger partial charge in [-0.1, -0.05) is 0 Å². The molecule has 0 bridgehead atoms. The standard InChI is InChI=1S/C8H12O3/c1-2-10-8(7-9)5-3-4-6-11-8/h4,6-7H,2-3,5H2,1H3. The van der Waals surface area contributed by atoms with Gasteiger partial charge >= 0.3 is 0 Å². The van der Waals surface area contributed by atoms with Crippen molar-refractivity contribution < 1.29 is 14.3 Å². The molecule has 62 valence electrons. The molecular weight excluding hydrogens is 144 g/mol. The fourth-order valence-corrected chi connectivity index (χ4v) is 1.05. The Kier molecular flexibility index (Phi) is 2.65. The van der Waals surface area contributed by atoms with Gasteiger partial charge in [-0.2, -0.15) is 0 Å². The summed E-state index contributed by atoms with van der Waals surface area (Å²) >= 11 is 0. The van der Waals surface area contributed by atoms with E-state index in [0.29, 0.717) is 13.0 Å². The van der Waals surface area contributed by atoms with Crippen molar-refractivity contribution in [2.45, 2.75) is 25.6 Å². The zero-order chi connectivity index (χ0) is 8.16. The maximum Gasteiger partial charge on any atom is 0.266 e. The van der Waals surface area contributed by atoms with Gasteiger partial charge in [-0.3, -0.25) is 4.79 Å². The Balaban J connectivity index is 2.59. The summed E-state index contributed by atoms with van der Waals surface area (Å²) in [6, 6.07) is 0. The summed E-state index contributed by atoms with van der Waals surface area (Å²) in [6.07, 6.45) is 5.56. The first-order chi connectivity index (χ1) is 5.33. The normalized spacial score (nSPS) is 29.5. The second-order valence-corrected chi connectivity index (χ2v) is 2.39. The van der Waals surface area contributed by atoms with Gasteiger partial charge in [0.25, 0.3) is 5.79 Å². The van der Waals surface area contributed by atoms with Crippen LogP contribution in [0.25, 0.3) is 0 Å². The summed E-state index contributed by atoms with van der Waals surface area (Å²) < 4.78 is 10.3. The third kappa shape index (κ3) is 1.80. The van der Waals surface area contributed by atoms with Crippen LogP contribution in [0.3, 0.4) is 0 Å². The van der Waals surface area contributed by atoms with Crippen LogP contribution in [-0.4, -0.2) is 18.7 Å². The van der Waals surface area contributed by atoms with Crippen molar-refractivity contribution in [3.63, 3.8) is 0 Å². The molecule has 3 nitrogen and oxygen atoms in total. The molecule has 11 heavy (non-hydrogen) atoms. The van der Waals surface area contributed by atoms with E-state index in [2.05, 4.69) is 0 Å². The van der Waals surface area contributed by atoms with Crippen molar-refractivity contribution in [2.24, 2.45) is 0 Å². The molecule has 1 aliphatic rings. The Bertz CT molecular complexity index is 165. The lowest BCUT2D eigenvalue weighted by atomic mass is 10.1. The van der Waals surface area contributed by atoms with Crippen molar-refractivity contribution in [3.05, 3.63) is 12.3 Å². The SMILES string of the molecule is CCOC1(C=O)CCC=CO1. The molecule has 0 aromatic carbocycles. The Morgan fingerprint density at radius 3 is 3.09 bits per heavy atom. The summed E-state index contributed by atoms with van der Waals surface area (Å²) in [5.41, 5.74) is 0. The molecule has 0 aliphatic carbocycles. The van der Waals surface area contributed by atoms with E-state index in [0.717, 1.165) is 12.7 Å². The molecule has 1 atom stereocenters. The average Bonchev–Trinajstić information content (AvgIpc) is 2.07. The van der Waals surface area contributed by atoms with E-state index in [1.807, 2.05) is 13.0 Å². The summed E-state index contributed by atoms with van der Waals surface area (Å²) in [5, 5.41) is 0. The Labute approximate surface area is 66.0 Å². The third-order valence-corrected chi connectivity index (χ3v) is 1.59. The highest BCUT2D eigenvalue weighted by atomic mass is 16.7. The molecule has 0 aromatic rings. The monoisotopic (exact) mass is 156 g/mol. The number of carbonyl (C=O) groups is 1. The van der Waals surface area contributed by atoms with Crippen LogP contribution in [0.4, 0.5) is 0 Å². The van der Waals surface area contributed by atoms with Gasteiger partial charge in [0.2, 0.25) is 0 Å². The van der Waals surface area contributed by atoms with Crippen LogP contribution in [-0.2, 0) is 14.3 Å². The van der Waals surface area contributed by atoms with Crippen LogP contribution < -0.4 is 0 Å². The number of carbonyl (C=O) groups excluding carboxylic acids is 1.